The van der Waals surface area contributed by atoms with E-state index in [-0.39, 0.29) is 5.91 Å². The summed E-state index contributed by atoms with van der Waals surface area (Å²) in [5, 5.41) is 1.51. The molecule has 0 aliphatic carbocycles. The lowest BCUT2D eigenvalue weighted by Gasteiger charge is -2.07. The topological polar surface area (TPSA) is 48.0 Å². The number of hydrogen-bond acceptors (Lipinski definition) is 2. The summed E-state index contributed by atoms with van der Waals surface area (Å²) >= 11 is 5.92. The van der Waals surface area contributed by atoms with Crippen molar-refractivity contribution in [2.24, 2.45) is 0 Å². The van der Waals surface area contributed by atoms with E-state index in [0.717, 1.165) is 10.9 Å². The summed E-state index contributed by atoms with van der Waals surface area (Å²) < 4.78 is 1.58. The van der Waals surface area contributed by atoms with Gasteiger partial charge in [0.2, 0.25) is 0 Å². The summed E-state index contributed by atoms with van der Waals surface area (Å²) in [5.41, 5.74) is 7.54. The summed E-state index contributed by atoms with van der Waals surface area (Å²) in [7, 11) is 0. The van der Waals surface area contributed by atoms with Crippen LogP contribution in [0.15, 0.2) is 54.7 Å². The third-order valence-electron chi connectivity index (χ3n) is 3.06. The first kappa shape index (κ1) is 11.8. The molecule has 0 aliphatic heterocycles. The van der Waals surface area contributed by atoms with Crippen LogP contribution < -0.4 is 5.73 Å². The Morgan fingerprint density at radius 3 is 2.74 bits per heavy atom. The van der Waals surface area contributed by atoms with E-state index >= 15 is 0 Å². The highest BCUT2D eigenvalue weighted by molar-refractivity contribution is 6.31. The van der Waals surface area contributed by atoms with Gasteiger partial charge in [-0.15, -0.1) is 0 Å². The number of benzene rings is 2. The van der Waals surface area contributed by atoms with Crippen molar-refractivity contribution in [3.05, 3.63) is 65.3 Å². The van der Waals surface area contributed by atoms with Crippen molar-refractivity contribution in [3.8, 4) is 0 Å². The molecular weight excluding hydrogens is 260 g/mol. The maximum absolute atomic E-state index is 12.5. The van der Waals surface area contributed by atoms with Crippen LogP contribution in [-0.2, 0) is 0 Å². The number of aromatic nitrogens is 1. The molecule has 19 heavy (non-hydrogen) atoms. The molecular formula is C15H11ClN2O. The molecule has 0 atom stereocenters. The van der Waals surface area contributed by atoms with Gasteiger partial charge in [0.1, 0.15) is 0 Å². The Hall–Kier alpha value is -2.26. The molecule has 1 aromatic heterocycles. The number of halogens is 1. The molecule has 0 saturated carbocycles. The van der Waals surface area contributed by atoms with E-state index in [2.05, 4.69) is 0 Å². The molecule has 3 nitrogen and oxygen atoms in total. The van der Waals surface area contributed by atoms with Gasteiger partial charge in [0, 0.05) is 22.3 Å². The number of carbonyl (C=O) groups is 1. The molecule has 1 heterocycles. The first-order valence-electron chi connectivity index (χ1n) is 5.82. The Kier molecular flexibility index (Phi) is 2.76. The number of nitrogen functional groups attached to an aromatic ring is 1. The van der Waals surface area contributed by atoms with E-state index in [1.807, 2.05) is 30.3 Å². The van der Waals surface area contributed by atoms with E-state index in [1.165, 1.54) is 0 Å². The molecule has 3 rings (SSSR count). The summed E-state index contributed by atoms with van der Waals surface area (Å²) in [5.74, 6) is -0.179. The van der Waals surface area contributed by atoms with Gasteiger partial charge in [0.25, 0.3) is 5.91 Å². The second kappa shape index (κ2) is 4.44. The van der Waals surface area contributed by atoms with Gasteiger partial charge in [-0.25, -0.2) is 0 Å². The lowest BCUT2D eigenvalue weighted by molar-refractivity contribution is 0.0966. The summed E-state index contributed by atoms with van der Waals surface area (Å²) in [6, 6.07) is 14.5. The Bertz CT molecular complexity index is 777. The zero-order chi connectivity index (χ0) is 13.4. The number of carbonyl (C=O) groups excluding carboxylic acids is 1. The van der Waals surface area contributed by atoms with Crippen molar-refractivity contribution in [3.63, 3.8) is 0 Å². The number of anilines is 1. The van der Waals surface area contributed by atoms with Crippen molar-refractivity contribution < 1.29 is 4.79 Å². The van der Waals surface area contributed by atoms with Crippen molar-refractivity contribution in [2.45, 2.75) is 0 Å². The normalized spacial score (nSPS) is 10.8. The molecule has 4 heteroatoms. The third kappa shape index (κ3) is 1.98. The van der Waals surface area contributed by atoms with Gasteiger partial charge in [0.15, 0.2) is 0 Å². The molecule has 2 N–H and O–H groups in total. The first-order valence-corrected chi connectivity index (χ1v) is 6.20. The van der Waals surface area contributed by atoms with Gasteiger partial charge >= 0.3 is 0 Å². The smallest absolute Gasteiger partial charge is 0.264 e. The summed E-state index contributed by atoms with van der Waals surface area (Å²) in [6.45, 7) is 0. The maximum atomic E-state index is 12.5. The van der Waals surface area contributed by atoms with Crippen LogP contribution in [0.5, 0.6) is 0 Å². The monoisotopic (exact) mass is 270 g/mol. The predicted molar refractivity (Wildman–Crippen MR) is 77.5 cm³/mol. The van der Waals surface area contributed by atoms with Crippen molar-refractivity contribution in [1.29, 1.82) is 0 Å². The zero-order valence-electron chi connectivity index (χ0n) is 10.0. The molecule has 0 unspecified atom stereocenters. The molecule has 0 saturated heterocycles. The van der Waals surface area contributed by atoms with E-state index < -0.39 is 0 Å². The van der Waals surface area contributed by atoms with E-state index in [0.29, 0.717) is 16.3 Å². The van der Waals surface area contributed by atoms with Crippen molar-refractivity contribution in [2.75, 3.05) is 5.73 Å². The molecule has 0 spiro atoms. The fraction of sp³-hybridized carbons (Fsp3) is 0. The molecule has 3 aromatic rings. The zero-order valence-corrected chi connectivity index (χ0v) is 10.8. The Balaban J connectivity index is 2.16. The Labute approximate surface area is 115 Å². The van der Waals surface area contributed by atoms with Crippen LogP contribution in [0.1, 0.15) is 10.4 Å². The second-order valence-electron chi connectivity index (χ2n) is 4.28. The molecule has 94 valence electrons. The molecule has 0 fully saturated rings. The molecule has 0 bridgehead atoms. The molecule has 2 aromatic carbocycles. The molecule has 0 amide bonds. The average Bonchev–Trinajstić information content (AvgIpc) is 2.84. The summed E-state index contributed by atoms with van der Waals surface area (Å²) in [6.07, 6.45) is 1.74. The van der Waals surface area contributed by atoms with Crippen LogP contribution in [0, 0.1) is 0 Å². The SMILES string of the molecule is Nc1ccc(Cl)cc1C(=O)n1ccc2ccccc21. The van der Waals surface area contributed by atoms with Gasteiger partial charge in [-0.1, -0.05) is 29.8 Å². The fourth-order valence-electron chi connectivity index (χ4n) is 2.10. The minimum atomic E-state index is -0.179. The molecule has 0 aliphatic rings. The number of para-hydroxylation sites is 1. The average molecular weight is 271 g/mol. The Morgan fingerprint density at radius 1 is 1.11 bits per heavy atom. The van der Waals surface area contributed by atoms with Crippen molar-refractivity contribution >= 4 is 34.1 Å². The predicted octanol–water partition coefficient (Wildman–Crippen LogP) is 3.57. The second-order valence-corrected chi connectivity index (χ2v) is 4.72. The van der Waals surface area contributed by atoms with Crippen LogP contribution >= 0.6 is 11.6 Å². The van der Waals surface area contributed by atoms with Crippen LogP contribution in [0.25, 0.3) is 10.9 Å². The van der Waals surface area contributed by atoms with Gasteiger partial charge in [-0.3, -0.25) is 9.36 Å². The Morgan fingerprint density at radius 2 is 1.89 bits per heavy atom. The van der Waals surface area contributed by atoms with Crippen LogP contribution in [-0.4, -0.2) is 10.5 Å². The van der Waals surface area contributed by atoms with E-state index in [1.54, 1.807) is 29.0 Å². The van der Waals surface area contributed by atoms with E-state index in [4.69, 9.17) is 17.3 Å². The molecule has 0 radical (unpaired) electrons. The van der Waals surface area contributed by atoms with Gasteiger partial charge < -0.3 is 5.73 Å². The van der Waals surface area contributed by atoms with Crippen LogP contribution in [0.3, 0.4) is 0 Å². The lowest BCUT2D eigenvalue weighted by atomic mass is 10.1. The number of rotatable bonds is 1. The fourth-order valence-corrected chi connectivity index (χ4v) is 2.28. The van der Waals surface area contributed by atoms with Crippen molar-refractivity contribution in [1.82, 2.24) is 4.57 Å². The largest absolute Gasteiger partial charge is 0.398 e. The minimum absolute atomic E-state index is 0.179. The van der Waals surface area contributed by atoms with Crippen LogP contribution in [0.4, 0.5) is 5.69 Å². The van der Waals surface area contributed by atoms with E-state index in [9.17, 15) is 4.79 Å². The number of fused-ring (bicyclic) bond motifs is 1. The van der Waals surface area contributed by atoms with Gasteiger partial charge in [-0.2, -0.15) is 0 Å². The highest BCUT2D eigenvalue weighted by Gasteiger charge is 2.14. The number of hydrogen-bond donors (Lipinski definition) is 1. The van der Waals surface area contributed by atoms with Gasteiger partial charge in [-0.05, 0) is 30.3 Å². The minimum Gasteiger partial charge on any atom is -0.398 e. The highest BCUT2D eigenvalue weighted by Crippen LogP contribution is 2.22. The van der Waals surface area contributed by atoms with Gasteiger partial charge in [0.05, 0.1) is 11.1 Å². The third-order valence-corrected chi connectivity index (χ3v) is 3.30. The number of nitrogens with two attached hydrogens (primary N) is 1. The lowest BCUT2D eigenvalue weighted by Crippen LogP contribution is -2.12. The standard InChI is InChI=1S/C15H11ClN2O/c16-11-5-6-13(17)12(9-11)15(19)18-8-7-10-3-1-2-4-14(10)18/h1-9H,17H2. The van der Waals surface area contributed by atoms with Crippen LogP contribution in [0.2, 0.25) is 5.02 Å². The number of nitrogens with zero attached hydrogens (tertiary/aromatic N) is 1. The maximum Gasteiger partial charge on any atom is 0.264 e. The highest BCUT2D eigenvalue weighted by atomic mass is 35.5. The summed E-state index contributed by atoms with van der Waals surface area (Å²) in [4.78, 5) is 12.5. The first-order chi connectivity index (χ1) is 9.16. The quantitative estimate of drug-likeness (QED) is 0.687.